The van der Waals surface area contributed by atoms with Crippen molar-refractivity contribution in [2.24, 2.45) is 11.8 Å². The molecule has 2 atom stereocenters. The van der Waals surface area contributed by atoms with Crippen LogP contribution in [0.15, 0.2) is 30.3 Å². The summed E-state index contributed by atoms with van der Waals surface area (Å²) in [5, 5.41) is 0. The highest BCUT2D eigenvalue weighted by Crippen LogP contribution is 2.50. The maximum Gasteiger partial charge on any atom is 0.233 e. The summed E-state index contributed by atoms with van der Waals surface area (Å²) in [4.78, 5) is 18.1. The van der Waals surface area contributed by atoms with Crippen molar-refractivity contribution in [3.8, 4) is 0 Å². The molecule has 3 rings (SSSR count). The van der Waals surface area contributed by atoms with Crippen LogP contribution in [0.2, 0.25) is 0 Å². The zero-order valence-corrected chi connectivity index (χ0v) is 16.4. The normalized spacial score (nSPS) is 24.6. The lowest BCUT2D eigenvalue weighted by Crippen LogP contribution is -2.54. The number of rotatable bonds is 5. The standard InChI is InChI=1S/C22H34N2O/c1-17(2)24-15-14-20(16-24)22(21(25)23(3)4,19-12-8-9-13-19)18-10-6-5-7-11-18/h5-7,10-11,17,19-20H,8-9,12-16H2,1-4H3/t20-,22?/m1/s1. The number of likely N-dealkylation sites (N-methyl/N-ethyl adjacent to an activating group) is 1. The van der Waals surface area contributed by atoms with E-state index in [1.54, 1.807) is 0 Å². The predicted octanol–water partition coefficient (Wildman–Crippen LogP) is 3.93. The highest BCUT2D eigenvalue weighted by atomic mass is 16.2. The molecular formula is C22H34N2O. The number of likely N-dealkylation sites (tertiary alicyclic amines) is 1. The Kier molecular flexibility index (Phi) is 5.52. The van der Waals surface area contributed by atoms with Gasteiger partial charge in [-0.2, -0.15) is 0 Å². The molecule has 0 aromatic heterocycles. The van der Waals surface area contributed by atoms with Crippen molar-refractivity contribution in [1.82, 2.24) is 9.80 Å². The number of carbonyl (C=O) groups is 1. The van der Waals surface area contributed by atoms with Crippen LogP contribution in [0.3, 0.4) is 0 Å². The van der Waals surface area contributed by atoms with Crippen molar-refractivity contribution >= 4 is 5.91 Å². The molecule has 0 N–H and O–H groups in total. The summed E-state index contributed by atoms with van der Waals surface area (Å²) < 4.78 is 0. The summed E-state index contributed by atoms with van der Waals surface area (Å²) in [6.45, 7) is 6.71. The third-order valence-corrected chi connectivity index (χ3v) is 6.60. The minimum atomic E-state index is -0.356. The fourth-order valence-corrected chi connectivity index (χ4v) is 5.37. The molecule has 1 heterocycles. The monoisotopic (exact) mass is 342 g/mol. The van der Waals surface area contributed by atoms with Crippen LogP contribution in [0.5, 0.6) is 0 Å². The zero-order valence-electron chi connectivity index (χ0n) is 16.4. The van der Waals surface area contributed by atoms with Crippen LogP contribution in [0.1, 0.15) is 51.5 Å². The molecule has 1 aromatic rings. The Labute approximate surface area is 153 Å². The summed E-state index contributed by atoms with van der Waals surface area (Å²) in [6, 6.07) is 11.2. The van der Waals surface area contributed by atoms with E-state index in [0.29, 0.717) is 23.8 Å². The van der Waals surface area contributed by atoms with Crippen LogP contribution >= 0.6 is 0 Å². The second-order valence-electron chi connectivity index (χ2n) is 8.49. The molecular weight excluding hydrogens is 308 g/mol. The van der Waals surface area contributed by atoms with Crippen molar-refractivity contribution < 1.29 is 4.79 Å². The summed E-state index contributed by atoms with van der Waals surface area (Å²) >= 11 is 0. The van der Waals surface area contributed by atoms with Crippen molar-refractivity contribution in [2.45, 2.75) is 57.4 Å². The van der Waals surface area contributed by atoms with Gasteiger partial charge in [-0.3, -0.25) is 4.79 Å². The molecule has 1 aliphatic heterocycles. The van der Waals surface area contributed by atoms with E-state index >= 15 is 0 Å². The van der Waals surface area contributed by atoms with Gasteiger partial charge in [-0.25, -0.2) is 0 Å². The van der Waals surface area contributed by atoms with Crippen molar-refractivity contribution in [2.75, 3.05) is 27.2 Å². The van der Waals surface area contributed by atoms with E-state index in [2.05, 4.69) is 49.1 Å². The second kappa shape index (κ2) is 7.49. The number of benzene rings is 1. The second-order valence-corrected chi connectivity index (χ2v) is 8.49. The molecule has 1 aromatic carbocycles. The van der Waals surface area contributed by atoms with Crippen LogP contribution in [-0.2, 0) is 10.2 Å². The largest absolute Gasteiger partial charge is 0.348 e. The highest BCUT2D eigenvalue weighted by molar-refractivity contribution is 5.89. The lowest BCUT2D eigenvalue weighted by molar-refractivity contribution is -0.140. The van der Waals surface area contributed by atoms with Gasteiger partial charge in [0.1, 0.15) is 0 Å². The maximum absolute atomic E-state index is 13.7. The Hall–Kier alpha value is -1.35. The predicted molar refractivity (Wildman–Crippen MR) is 104 cm³/mol. The molecule has 1 saturated heterocycles. The lowest BCUT2D eigenvalue weighted by Gasteiger charge is -2.45. The van der Waals surface area contributed by atoms with E-state index in [4.69, 9.17) is 0 Å². The number of amides is 1. The van der Waals surface area contributed by atoms with Gasteiger partial charge in [0.05, 0.1) is 5.41 Å². The minimum Gasteiger partial charge on any atom is -0.348 e. The molecule has 138 valence electrons. The first-order valence-electron chi connectivity index (χ1n) is 9.99. The quantitative estimate of drug-likeness (QED) is 0.809. The lowest BCUT2D eigenvalue weighted by atomic mass is 9.60. The van der Waals surface area contributed by atoms with E-state index in [0.717, 1.165) is 19.5 Å². The van der Waals surface area contributed by atoms with Crippen LogP contribution < -0.4 is 0 Å². The Morgan fingerprint density at radius 2 is 1.72 bits per heavy atom. The number of carbonyl (C=O) groups excluding carboxylic acids is 1. The number of hydrogen-bond donors (Lipinski definition) is 0. The first-order valence-corrected chi connectivity index (χ1v) is 9.99. The van der Waals surface area contributed by atoms with E-state index < -0.39 is 0 Å². The third kappa shape index (κ3) is 3.23. The van der Waals surface area contributed by atoms with Gasteiger partial charge >= 0.3 is 0 Å². The Morgan fingerprint density at radius 1 is 1.08 bits per heavy atom. The van der Waals surface area contributed by atoms with Gasteiger partial charge in [-0.15, -0.1) is 0 Å². The molecule has 1 saturated carbocycles. The topological polar surface area (TPSA) is 23.6 Å². The molecule has 3 heteroatoms. The van der Waals surface area contributed by atoms with Gasteiger partial charge in [0.25, 0.3) is 0 Å². The first-order chi connectivity index (χ1) is 12.0. The Bertz CT molecular complexity index is 577. The van der Waals surface area contributed by atoms with Gasteiger partial charge in [0, 0.05) is 26.7 Å². The average Bonchev–Trinajstić information content (AvgIpc) is 3.29. The minimum absolute atomic E-state index is 0.321. The smallest absolute Gasteiger partial charge is 0.233 e. The van der Waals surface area contributed by atoms with Gasteiger partial charge in [-0.05, 0) is 57.1 Å². The summed E-state index contributed by atoms with van der Waals surface area (Å²) in [6.07, 6.45) is 6.03. The highest BCUT2D eigenvalue weighted by Gasteiger charge is 2.55. The van der Waals surface area contributed by atoms with Gasteiger partial charge in [0.2, 0.25) is 5.91 Å². The van der Waals surface area contributed by atoms with Crippen LogP contribution in [-0.4, -0.2) is 48.9 Å². The first kappa shape index (κ1) is 18.4. The van der Waals surface area contributed by atoms with E-state index in [-0.39, 0.29) is 5.41 Å². The number of nitrogens with zero attached hydrogens (tertiary/aromatic N) is 2. The molecule has 25 heavy (non-hydrogen) atoms. The van der Waals surface area contributed by atoms with Gasteiger partial charge in [0.15, 0.2) is 0 Å². The van der Waals surface area contributed by atoms with Crippen LogP contribution in [0, 0.1) is 11.8 Å². The summed E-state index contributed by atoms with van der Waals surface area (Å²) in [5.41, 5.74) is 0.890. The molecule has 3 nitrogen and oxygen atoms in total. The molecule has 1 amide bonds. The molecule has 1 aliphatic carbocycles. The SMILES string of the molecule is CC(C)N1CC[C@@H](C(C(=O)N(C)C)(c2ccccc2)C2CCCC2)C1. The fourth-order valence-electron chi connectivity index (χ4n) is 5.37. The molecule has 0 radical (unpaired) electrons. The van der Waals surface area contributed by atoms with E-state index in [9.17, 15) is 4.79 Å². The zero-order chi connectivity index (χ0) is 18.0. The third-order valence-electron chi connectivity index (χ3n) is 6.60. The molecule has 2 aliphatic rings. The van der Waals surface area contributed by atoms with Crippen molar-refractivity contribution in [3.05, 3.63) is 35.9 Å². The maximum atomic E-state index is 13.7. The fraction of sp³-hybridized carbons (Fsp3) is 0.682. The van der Waals surface area contributed by atoms with Gasteiger partial charge < -0.3 is 9.80 Å². The Balaban J connectivity index is 2.10. The molecule has 2 fully saturated rings. The van der Waals surface area contributed by atoms with Crippen molar-refractivity contribution in [3.63, 3.8) is 0 Å². The molecule has 1 unspecified atom stereocenters. The van der Waals surface area contributed by atoms with Crippen LogP contribution in [0.25, 0.3) is 0 Å². The molecule has 0 spiro atoms. The van der Waals surface area contributed by atoms with Gasteiger partial charge in [-0.1, -0.05) is 43.2 Å². The summed E-state index contributed by atoms with van der Waals surface area (Å²) in [7, 11) is 3.87. The van der Waals surface area contributed by atoms with Crippen molar-refractivity contribution in [1.29, 1.82) is 0 Å². The van der Waals surface area contributed by atoms with E-state index in [1.807, 2.05) is 19.0 Å². The van der Waals surface area contributed by atoms with Crippen LogP contribution in [0.4, 0.5) is 0 Å². The van der Waals surface area contributed by atoms with E-state index in [1.165, 1.54) is 31.2 Å². The molecule has 0 bridgehead atoms. The average molecular weight is 343 g/mol. The number of hydrogen-bond acceptors (Lipinski definition) is 2. The summed E-state index contributed by atoms with van der Waals surface area (Å²) in [5.74, 6) is 1.21. The Morgan fingerprint density at radius 3 is 2.24 bits per heavy atom.